The van der Waals surface area contributed by atoms with Gasteiger partial charge in [-0.1, -0.05) is 6.07 Å². The van der Waals surface area contributed by atoms with Crippen molar-refractivity contribution < 1.29 is 4.79 Å². The number of imidazole rings is 1. The highest BCUT2D eigenvalue weighted by molar-refractivity contribution is 5.83. The van der Waals surface area contributed by atoms with E-state index in [0.29, 0.717) is 13.1 Å². The second-order valence-electron chi connectivity index (χ2n) is 8.00. The Hall–Kier alpha value is -2.84. The van der Waals surface area contributed by atoms with Crippen LogP contribution in [0.15, 0.2) is 43.0 Å². The first-order chi connectivity index (χ1) is 14.0. The third kappa shape index (κ3) is 3.99. The topological polar surface area (TPSA) is 87.5 Å². The molecule has 1 atom stereocenters. The molecule has 3 aromatic rings. The first-order valence-electron chi connectivity index (χ1n) is 9.91. The number of pyridine rings is 1. The smallest absolute Gasteiger partial charge is 0.239 e. The maximum absolute atomic E-state index is 13.2. The quantitative estimate of drug-likeness (QED) is 0.679. The Morgan fingerprint density at radius 3 is 2.86 bits per heavy atom. The van der Waals surface area contributed by atoms with E-state index in [-0.39, 0.29) is 11.9 Å². The molecule has 0 aliphatic carbocycles. The Kier molecular flexibility index (Phi) is 5.29. The molecule has 1 aliphatic heterocycles. The molecule has 4 rings (SSSR count). The fraction of sp³-hybridized carbons (Fsp3) is 0.429. The van der Waals surface area contributed by atoms with Gasteiger partial charge in [0, 0.05) is 38.2 Å². The highest BCUT2D eigenvalue weighted by atomic mass is 16.2. The van der Waals surface area contributed by atoms with E-state index in [4.69, 9.17) is 0 Å². The van der Waals surface area contributed by atoms with Gasteiger partial charge >= 0.3 is 0 Å². The van der Waals surface area contributed by atoms with Gasteiger partial charge in [0.25, 0.3) is 0 Å². The van der Waals surface area contributed by atoms with Gasteiger partial charge in [-0.3, -0.25) is 9.69 Å². The number of piperazine rings is 1. The summed E-state index contributed by atoms with van der Waals surface area (Å²) in [7, 11) is 0. The zero-order valence-corrected chi connectivity index (χ0v) is 17.1. The number of carbonyl (C=O) groups is 1. The van der Waals surface area contributed by atoms with Gasteiger partial charge in [0.2, 0.25) is 5.91 Å². The summed E-state index contributed by atoms with van der Waals surface area (Å²) >= 11 is 0. The highest BCUT2D eigenvalue weighted by Crippen LogP contribution is 2.22. The molecule has 29 heavy (non-hydrogen) atoms. The number of carbonyl (C=O) groups excluding carboxylic acids is 1. The third-order valence-corrected chi connectivity index (χ3v) is 5.40. The van der Waals surface area contributed by atoms with Gasteiger partial charge in [0.05, 0.1) is 23.8 Å². The Bertz CT molecular complexity index is 999. The number of fused-ring (bicyclic) bond motifs is 1. The van der Waals surface area contributed by atoms with Crippen molar-refractivity contribution in [3.63, 3.8) is 0 Å². The first kappa shape index (κ1) is 19.5. The molecular formula is C21H27N7O. The molecule has 4 heterocycles. The molecule has 1 saturated heterocycles. The molecule has 1 unspecified atom stereocenters. The predicted molar refractivity (Wildman–Crippen MR) is 110 cm³/mol. The van der Waals surface area contributed by atoms with Crippen LogP contribution in [-0.2, 0) is 16.9 Å². The van der Waals surface area contributed by atoms with Crippen molar-refractivity contribution in [2.45, 2.75) is 38.9 Å². The molecule has 0 radical (unpaired) electrons. The summed E-state index contributed by atoms with van der Waals surface area (Å²) in [6.07, 6.45) is 7.31. The lowest BCUT2D eigenvalue weighted by molar-refractivity contribution is -0.129. The van der Waals surface area contributed by atoms with Crippen molar-refractivity contribution >= 4 is 11.4 Å². The van der Waals surface area contributed by atoms with Crippen molar-refractivity contribution in [2.75, 3.05) is 19.6 Å². The fourth-order valence-electron chi connectivity index (χ4n) is 3.86. The normalized spacial score (nSPS) is 18.1. The second-order valence-corrected chi connectivity index (χ2v) is 8.00. The van der Waals surface area contributed by atoms with Gasteiger partial charge in [-0.2, -0.15) is 0 Å². The van der Waals surface area contributed by atoms with Crippen LogP contribution in [0.1, 0.15) is 31.1 Å². The Balaban J connectivity index is 1.53. The van der Waals surface area contributed by atoms with E-state index >= 15 is 0 Å². The van der Waals surface area contributed by atoms with E-state index in [1.165, 1.54) is 0 Å². The number of amides is 1. The predicted octanol–water partition coefficient (Wildman–Crippen LogP) is 1.26. The zero-order valence-electron chi connectivity index (χ0n) is 17.1. The van der Waals surface area contributed by atoms with Crippen LogP contribution in [0.4, 0.5) is 0 Å². The third-order valence-electron chi connectivity index (χ3n) is 5.40. The Morgan fingerprint density at radius 2 is 2.07 bits per heavy atom. The van der Waals surface area contributed by atoms with Gasteiger partial charge in [0.15, 0.2) is 0 Å². The molecule has 8 heteroatoms. The second kappa shape index (κ2) is 7.88. The molecule has 1 fully saturated rings. The molecule has 0 aromatic carbocycles. The molecule has 0 spiro atoms. The van der Waals surface area contributed by atoms with E-state index in [9.17, 15) is 4.79 Å². The highest BCUT2D eigenvalue weighted by Gasteiger charge is 2.34. The maximum atomic E-state index is 13.2. The van der Waals surface area contributed by atoms with E-state index in [1.54, 1.807) is 18.5 Å². The minimum Gasteiger partial charge on any atom is -0.343 e. The van der Waals surface area contributed by atoms with Crippen LogP contribution in [-0.4, -0.2) is 55.8 Å². The monoisotopic (exact) mass is 393 g/mol. The zero-order chi connectivity index (χ0) is 20.4. The number of hydrogen-bond acceptors (Lipinski definition) is 6. The summed E-state index contributed by atoms with van der Waals surface area (Å²) in [5, 5.41) is 6.54. The van der Waals surface area contributed by atoms with Gasteiger partial charge < -0.3 is 15.0 Å². The summed E-state index contributed by atoms with van der Waals surface area (Å²) in [5.74, 6) is 1.51. The van der Waals surface area contributed by atoms with Crippen LogP contribution < -0.4 is 10.6 Å². The lowest BCUT2D eigenvalue weighted by atomic mass is 10.0. The number of nitrogens with zero attached hydrogens (tertiary/aromatic N) is 5. The van der Waals surface area contributed by atoms with Crippen molar-refractivity contribution in [1.82, 2.24) is 34.9 Å². The number of rotatable bonds is 5. The molecule has 0 saturated carbocycles. The fourth-order valence-corrected chi connectivity index (χ4v) is 3.86. The maximum Gasteiger partial charge on any atom is 0.239 e. The van der Waals surface area contributed by atoms with Crippen molar-refractivity contribution in [3.05, 3.63) is 60.2 Å². The average molecular weight is 393 g/mol. The Labute approximate surface area is 170 Å². The molecular weight excluding hydrogens is 366 g/mol. The van der Waals surface area contributed by atoms with Crippen LogP contribution >= 0.6 is 0 Å². The van der Waals surface area contributed by atoms with Gasteiger partial charge in [-0.25, -0.2) is 15.0 Å². The number of nitrogens with one attached hydrogen (secondary N) is 2. The lowest BCUT2D eigenvalue weighted by Crippen LogP contribution is -2.59. The summed E-state index contributed by atoms with van der Waals surface area (Å²) < 4.78 is 2.05. The van der Waals surface area contributed by atoms with Gasteiger partial charge in [-0.05, 0) is 38.5 Å². The molecule has 152 valence electrons. The van der Waals surface area contributed by atoms with E-state index in [1.807, 2.05) is 36.7 Å². The summed E-state index contributed by atoms with van der Waals surface area (Å²) in [6.45, 7) is 8.78. The van der Waals surface area contributed by atoms with Gasteiger partial charge in [-0.15, -0.1) is 0 Å². The Morgan fingerprint density at radius 1 is 1.28 bits per heavy atom. The first-order valence-corrected chi connectivity index (χ1v) is 9.91. The molecule has 0 bridgehead atoms. The van der Waals surface area contributed by atoms with Crippen LogP contribution in [0.3, 0.4) is 0 Å². The molecule has 1 aliphatic rings. The van der Waals surface area contributed by atoms with Crippen LogP contribution in [0.5, 0.6) is 0 Å². The van der Waals surface area contributed by atoms with Crippen LogP contribution in [0.2, 0.25) is 0 Å². The SMILES string of the molecule is Cc1cccn2c(C(C)(C)NC(=O)C3CNCCN3Cc3ncccn3)ncc12. The van der Waals surface area contributed by atoms with Crippen molar-refractivity contribution in [3.8, 4) is 0 Å². The summed E-state index contributed by atoms with van der Waals surface area (Å²) in [5.41, 5.74) is 1.58. The summed E-state index contributed by atoms with van der Waals surface area (Å²) in [6, 6.07) is 5.56. The van der Waals surface area contributed by atoms with Crippen LogP contribution in [0.25, 0.3) is 5.52 Å². The van der Waals surface area contributed by atoms with Gasteiger partial charge in [0.1, 0.15) is 17.7 Å². The summed E-state index contributed by atoms with van der Waals surface area (Å²) in [4.78, 5) is 28.6. The van der Waals surface area contributed by atoms with E-state index < -0.39 is 5.54 Å². The number of hydrogen-bond donors (Lipinski definition) is 2. The minimum atomic E-state index is -0.621. The average Bonchev–Trinajstić information content (AvgIpc) is 3.15. The molecule has 1 amide bonds. The minimum absolute atomic E-state index is 0.0254. The molecule has 3 aromatic heterocycles. The van der Waals surface area contributed by atoms with Crippen molar-refractivity contribution in [1.29, 1.82) is 0 Å². The number of aryl methyl sites for hydroxylation is 1. The molecule has 2 N–H and O–H groups in total. The van der Waals surface area contributed by atoms with E-state index in [2.05, 4.69) is 43.5 Å². The lowest BCUT2D eigenvalue weighted by Gasteiger charge is -2.36. The largest absolute Gasteiger partial charge is 0.343 e. The van der Waals surface area contributed by atoms with Crippen molar-refractivity contribution in [2.24, 2.45) is 0 Å². The standard InChI is InChI=1S/C21H27N7O/c1-15-6-4-10-28-16(15)13-25-20(28)21(2,3)26-19(29)17-12-22-9-11-27(17)14-18-23-7-5-8-24-18/h4-8,10,13,17,22H,9,11-12,14H2,1-3H3,(H,26,29). The number of aromatic nitrogens is 4. The van der Waals surface area contributed by atoms with Crippen LogP contribution in [0, 0.1) is 6.92 Å². The molecule has 8 nitrogen and oxygen atoms in total. The van der Waals surface area contributed by atoms with E-state index in [0.717, 1.165) is 35.8 Å².